The normalized spacial score (nSPS) is 10.9. The van der Waals surface area contributed by atoms with E-state index in [1.54, 1.807) is 18.4 Å². The Kier molecular flexibility index (Phi) is 5.43. The number of benzene rings is 1. The largest absolute Gasteiger partial charge is 0.388 e. The van der Waals surface area contributed by atoms with Crippen LogP contribution in [0.2, 0.25) is 6.04 Å². The third-order valence-electron chi connectivity index (χ3n) is 2.01. The molecule has 0 saturated carbocycles. The number of nitrogens with zero attached hydrogens (tertiary/aromatic N) is 1. The Morgan fingerprint density at radius 2 is 1.81 bits per heavy atom. The van der Waals surface area contributed by atoms with Gasteiger partial charge in [0.2, 0.25) is 0 Å². The molecule has 0 heterocycles. The van der Waals surface area contributed by atoms with Crippen LogP contribution in [0.15, 0.2) is 24.3 Å². The van der Waals surface area contributed by atoms with Crippen molar-refractivity contribution < 1.29 is 4.74 Å². The average Bonchev–Trinajstić information content (AvgIpc) is 2.19. The summed E-state index contributed by atoms with van der Waals surface area (Å²) in [5.41, 5.74) is 1.15. The molecule has 2 nitrogen and oxygen atoms in total. The minimum Gasteiger partial charge on any atom is -0.388 e. The fraction of sp³-hybridized carbons (Fsp3) is 0.300. The zero-order valence-corrected chi connectivity index (χ0v) is 11.7. The van der Waals surface area contributed by atoms with E-state index in [0.29, 0.717) is 11.8 Å². The van der Waals surface area contributed by atoms with Gasteiger partial charge in [-0.2, -0.15) is 0 Å². The number of halogens is 3. The van der Waals surface area contributed by atoms with Gasteiger partial charge in [0, 0.05) is 0 Å². The summed E-state index contributed by atoms with van der Waals surface area (Å²) in [6.07, 6.45) is 3.35. The van der Waals surface area contributed by atoms with Crippen LogP contribution >= 0.6 is 33.2 Å². The predicted molar refractivity (Wildman–Crippen MR) is 69.1 cm³/mol. The van der Waals surface area contributed by atoms with Gasteiger partial charge >= 0.3 is 6.00 Å². The molecule has 86 valence electrons. The van der Waals surface area contributed by atoms with Crippen LogP contribution in [0.25, 0.3) is 0 Å². The molecule has 0 N–H and O–H groups in total. The minimum atomic E-state index is -2.49. The number of ether oxygens (including phenoxy) is 1. The van der Waals surface area contributed by atoms with Gasteiger partial charge in [-0.3, -0.25) is 0 Å². The summed E-state index contributed by atoms with van der Waals surface area (Å²) in [6, 6.07) is 5.50. The van der Waals surface area contributed by atoms with Crippen molar-refractivity contribution in [3.05, 3.63) is 29.8 Å². The summed E-state index contributed by atoms with van der Waals surface area (Å²) in [7, 11) is 0. The summed E-state index contributed by atoms with van der Waals surface area (Å²) in [5.74, 6) is 0.544. The highest BCUT2D eigenvalue weighted by molar-refractivity contribution is 7.64. The molecule has 0 amide bonds. The third-order valence-corrected chi connectivity index (χ3v) is 4.63. The molecule has 0 aromatic heterocycles. The molecule has 16 heavy (non-hydrogen) atoms. The van der Waals surface area contributed by atoms with Crippen LogP contribution in [0.4, 0.5) is 0 Å². The summed E-state index contributed by atoms with van der Waals surface area (Å²) in [5, 5.41) is 8.31. The van der Waals surface area contributed by atoms with Crippen LogP contribution in [0.1, 0.15) is 12.0 Å². The molecule has 0 saturated heterocycles. The Hall–Kier alpha value is -0.403. The molecule has 0 aliphatic rings. The summed E-state index contributed by atoms with van der Waals surface area (Å²) in [6.45, 7) is 0. The van der Waals surface area contributed by atoms with Crippen molar-refractivity contribution in [2.75, 3.05) is 0 Å². The maximum Gasteiger partial charge on any atom is 0.341 e. The smallest absolute Gasteiger partial charge is 0.341 e. The zero-order valence-electron chi connectivity index (χ0n) is 8.42. The highest BCUT2D eigenvalue weighted by Gasteiger charge is 2.23. The highest BCUT2D eigenvalue weighted by atomic mass is 35.8. The van der Waals surface area contributed by atoms with Crippen LogP contribution in [0.3, 0.4) is 0 Å². The Labute approximate surface area is 110 Å². The van der Waals surface area contributed by atoms with E-state index in [1.807, 2.05) is 12.1 Å². The van der Waals surface area contributed by atoms with Crippen molar-refractivity contribution in [2.45, 2.75) is 18.9 Å². The van der Waals surface area contributed by atoms with E-state index in [1.165, 1.54) is 0 Å². The lowest BCUT2D eigenvalue weighted by molar-refractivity contribution is 0.507. The van der Waals surface area contributed by atoms with E-state index >= 15 is 0 Å². The van der Waals surface area contributed by atoms with Crippen LogP contribution in [-0.4, -0.2) is 6.00 Å². The lowest BCUT2D eigenvalue weighted by atomic mass is 10.1. The van der Waals surface area contributed by atoms with Gasteiger partial charge in [0.25, 0.3) is 6.26 Å². The van der Waals surface area contributed by atoms with Gasteiger partial charge in [-0.25, -0.2) is 0 Å². The standard InChI is InChI=1S/C10H10Cl3NOSi/c11-16(12,13)7-1-2-9-3-5-10(6-4-9)15-8-14/h3-6H,1-2,7H2. The molecular formula is C10H10Cl3NOSi. The molecule has 0 aliphatic carbocycles. The Morgan fingerprint density at radius 3 is 2.31 bits per heavy atom. The topological polar surface area (TPSA) is 33.0 Å². The van der Waals surface area contributed by atoms with Crippen molar-refractivity contribution in [1.82, 2.24) is 0 Å². The first-order valence-electron chi connectivity index (χ1n) is 4.73. The van der Waals surface area contributed by atoms with Crippen molar-refractivity contribution in [3.63, 3.8) is 0 Å². The molecule has 0 fully saturated rings. The van der Waals surface area contributed by atoms with E-state index in [4.69, 9.17) is 38.5 Å². The zero-order chi connectivity index (χ0) is 12.0. The average molecular weight is 295 g/mol. The Bertz CT molecular complexity index is 369. The molecule has 0 bridgehead atoms. The first-order chi connectivity index (χ1) is 7.51. The van der Waals surface area contributed by atoms with Crippen molar-refractivity contribution in [2.24, 2.45) is 0 Å². The lowest BCUT2D eigenvalue weighted by Crippen LogP contribution is -2.08. The second kappa shape index (κ2) is 6.36. The van der Waals surface area contributed by atoms with Gasteiger partial charge in [0.05, 0.1) is 0 Å². The number of aryl methyl sites for hydroxylation is 1. The molecule has 6 heteroatoms. The fourth-order valence-corrected chi connectivity index (χ4v) is 3.05. The van der Waals surface area contributed by atoms with Crippen molar-refractivity contribution in [3.8, 4) is 12.0 Å². The van der Waals surface area contributed by atoms with E-state index in [2.05, 4.69) is 4.74 Å². The summed E-state index contributed by atoms with van der Waals surface area (Å²) < 4.78 is 4.67. The minimum absolute atomic E-state index is 0.544. The maximum atomic E-state index is 8.31. The molecule has 0 aliphatic heterocycles. The van der Waals surface area contributed by atoms with Crippen LogP contribution < -0.4 is 4.74 Å². The van der Waals surface area contributed by atoms with Gasteiger partial charge in [-0.1, -0.05) is 12.1 Å². The SMILES string of the molecule is N#COc1ccc(CCC[Si](Cl)(Cl)Cl)cc1. The van der Waals surface area contributed by atoms with Gasteiger partial charge in [0.15, 0.2) is 0 Å². The Balaban J connectivity index is 2.41. The number of nitriles is 1. The van der Waals surface area contributed by atoms with E-state index in [9.17, 15) is 0 Å². The number of hydrogen-bond donors (Lipinski definition) is 0. The fourth-order valence-electron chi connectivity index (χ4n) is 1.27. The number of rotatable bonds is 5. The van der Waals surface area contributed by atoms with Crippen molar-refractivity contribution >= 4 is 39.2 Å². The molecule has 0 unspecified atom stereocenters. The molecular weight excluding hydrogens is 285 g/mol. The highest BCUT2D eigenvalue weighted by Crippen LogP contribution is 2.27. The quantitative estimate of drug-likeness (QED) is 0.464. The molecule has 1 rings (SSSR count). The van der Waals surface area contributed by atoms with Gasteiger partial charge in [0.1, 0.15) is 5.75 Å². The van der Waals surface area contributed by atoms with Crippen LogP contribution in [0.5, 0.6) is 5.75 Å². The maximum absolute atomic E-state index is 8.31. The first-order valence-corrected chi connectivity index (χ1v) is 9.97. The van der Waals surface area contributed by atoms with E-state index < -0.39 is 6.00 Å². The number of hydrogen-bond acceptors (Lipinski definition) is 2. The molecule has 0 radical (unpaired) electrons. The monoisotopic (exact) mass is 293 g/mol. The van der Waals surface area contributed by atoms with Gasteiger partial charge < -0.3 is 4.74 Å². The predicted octanol–water partition coefficient (Wildman–Crippen LogP) is 4.13. The van der Waals surface area contributed by atoms with E-state index in [0.717, 1.165) is 18.4 Å². The van der Waals surface area contributed by atoms with Crippen LogP contribution in [0, 0.1) is 11.5 Å². The first kappa shape index (κ1) is 13.7. The van der Waals surface area contributed by atoms with E-state index in [-0.39, 0.29) is 0 Å². The van der Waals surface area contributed by atoms with Crippen LogP contribution in [-0.2, 0) is 6.42 Å². The van der Waals surface area contributed by atoms with Gasteiger partial charge in [-0.05, 0) is 36.6 Å². The molecule has 1 aromatic rings. The second-order valence-electron chi connectivity index (χ2n) is 3.31. The third kappa shape index (κ3) is 5.62. The molecule has 0 spiro atoms. The second-order valence-corrected chi connectivity index (χ2v) is 12.6. The summed E-state index contributed by atoms with van der Waals surface area (Å²) in [4.78, 5) is 0. The van der Waals surface area contributed by atoms with Crippen molar-refractivity contribution in [1.29, 1.82) is 5.26 Å². The lowest BCUT2D eigenvalue weighted by Gasteiger charge is -2.07. The molecule has 0 atom stereocenters. The summed E-state index contributed by atoms with van der Waals surface area (Å²) >= 11 is 17.3. The van der Waals surface area contributed by atoms with Gasteiger partial charge in [-0.15, -0.1) is 38.5 Å². The Morgan fingerprint density at radius 1 is 1.19 bits per heavy atom. The molecule has 1 aromatic carbocycles.